The lowest BCUT2D eigenvalue weighted by Crippen LogP contribution is -2.06. The van der Waals surface area contributed by atoms with E-state index in [2.05, 4.69) is 10.2 Å². The summed E-state index contributed by atoms with van der Waals surface area (Å²) in [5.41, 5.74) is -0.826. The fraction of sp³-hybridized carbons (Fsp3) is 0. The van der Waals surface area contributed by atoms with Crippen molar-refractivity contribution in [3.8, 4) is 11.3 Å². The van der Waals surface area contributed by atoms with Crippen LogP contribution in [-0.4, -0.2) is 10.2 Å². The van der Waals surface area contributed by atoms with Crippen LogP contribution >= 0.6 is 11.6 Å². The molecule has 0 saturated carbocycles. The Balaban J connectivity index is 2.68. The molecule has 0 unspecified atom stereocenters. The van der Waals surface area contributed by atoms with Gasteiger partial charge in [-0.05, 0) is 18.2 Å². The van der Waals surface area contributed by atoms with Crippen molar-refractivity contribution >= 4 is 11.6 Å². The SMILES string of the molecule is O=c1ccc(-c2c(F)ccc(Cl)c2F)n[nH]1. The Morgan fingerprint density at radius 2 is 1.94 bits per heavy atom. The Kier molecular flexibility index (Phi) is 2.70. The summed E-state index contributed by atoms with van der Waals surface area (Å²) in [5, 5.41) is 5.42. The maximum atomic E-state index is 13.5. The lowest BCUT2D eigenvalue weighted by atomic mass is 10.1. The number of aromatic amines is 1. The number of halogens is 3. The van der Waals surface area contributed by atoms with E-state index in [0.29, 0.717) is 0 Å². The molecule has 1 heterocycles. The number of rotatable bonds is 1. The minimum absolute atomic E-state index is 0.0166. The molecule has 2 rings (SSSR count). The molecule has 0 saturated heterocycles. The van der Waals surface area contributed by atoms with Gasteiger partial charge in [-0.15, -0.1) is 0 Å². The molecule has 6 heteroatoms. The van der Waals surface area contributed by atoms with E-state index in [1.165, 1.54) is 6.07 Å². The quantitative estimate of drug-likeness (QED) is 0.781. The number of nitrogens with one attached hydrogen (secondary N) is 1. The Morgan fingerprint density at radius 1 is 1.19 bits per heavy atom. The highest BCUT2D eigenvalue weighted by atomic mass is 35.5. The number of hydrogen-bond acceptors (Lipinski definition) is 2. The average molecular weight is 243 g/mol. The van der Waals surface area contributed by atoms with Gasteiger partial charge in [0.15, 0.2) is 5.82 Å². The van der Waals surface area contributed by atoms with Gasteiger partial charge < -0.3 is 0 Å². The van der Waals surface area contributed by atoms with E-state index in [4.69, 9.17) is 11.6 Å². The fourth-order valence-electron chi connectivity index (χ4n) is 1.25. The van der Waals surface area contributed by atoms with Gasteiger partial charge >= 0.3 is 0 Å². The zero-order chi connectivity index (χ0) is 11.7. The predicted octanol–water partition coefficient (Wildman–Crippen LogP) is 2.37. The summed E-state index contributed by atoms with van der Waals surface area (Å²) in [4.78, 5) is 10.8. The molecule has 0 aliphatic heterocycles. The number of hydrogen-bond donors (Lipinski definition) is 1. The van der Waals surface area contributed by atoms with Crippen LogP contribution in [0.1, 0.15) is 0 Å². The zero-order valence-electron chi connectivity index (χ0n) is 7.80. The third-order valence-electron chi connectivity index (χ3n) is 1.98. The minimum atomic E-state index is -0.902. The first-order chi connectivity index (χ1) is 7.59. The topological polar surface area (TPSA) is 45.8 Å². The fourth-order valence-corrected chi connectivity index (χ4v) is 1.40. The second-order valence-electron chi connectivity index (χ2n) is 3.02. The summed E-state index contributed by atoms with van der Waals surface area (Å²) < 4.78 is 26.9. The first-order valence-corrected chi connectivity index (χ1v) is 4.67. The van der Waals surface area contributed by atoms with Crippen LogP contribution in [0.3, 0.4) is 0 Å². The van der Waals surface area contributed by atoms with Gasteiger partial charge in [0.05, 0.1) is 16.3 Å². The van der Waals surface area contributed by atoms with Crippen molar-refractivity contribution in [3.63, 3.8) is 0 Å². The van der Waals surface area contributed by atoms with Crippen LogP contribution in [0.25, 0.3) is 11.3 Å². The molecule has 2 aromatic rings. The molecular weight excluding hydrogens is 238 g/mol. The van der Waals surface area contributed by atoms with Crippen molar-refractivity contribution in [2.24, 2.45) is 0 Å². The van der Waals surface area contributed by atoms with Crippen LogP contribution in [0, 0.1) is 11.6 Å². The monoisotopic (exact) mass is 242 g/mol. The van der Waals surface area contributed by atoms with Gasteiger partial charge in [0.2, 0.25) is 0 Å². The second-order valence-corrected chi connectivity index (χ2v) is 3.43. The van der Waals surface area contributed by atoms with E-state index in [0.717, 1.165) is 18.2 Å². The van der Waals surface area contributed by atoms with Gasteiger partial charge in [-0.1, -0.05) is 11.6 Å². The molecule has 0 fully saturated rings. The molecule has 1 aromatic heterocycles. The highest BCUT2D eigenvalue weighted by Gasteiger charge is 2.15. The van der Waals surface area contributed by atoms with Gasteiger partial charge in [0.25, 0.3) is 5.56 Å². The molecule has 0 spiro atoms. The number of aromatic nitrogens is 2. The van der Waals surface area contributed by atoms with E-state index in [1.807, 2.05) is 0 Å². The van der Waals surface area contributed by atoms with E-state index in [9.17, 15) is 13.6 Å². The Hall–Kier alpha value is -1.75. The molecule has 1 N–H and O–H groups in total. The van der Waals surface area contributed by atoms with E-state index in [-0.39, 0.29) is 16.3 Å². The van der Waals surface area contributed by atoms with E-state index in [1.54, 1.807) is 0 Å². The van der Waals surface area contributed by atoms with Gasteiger partial charge in [-0.2, -0.15) is 5.10 Å². The average Bonchev–Trinajstić information content (AvgIpc) is 2.27. The van der Waals surface area contributed by atoms with Crippen molar-refractivity contribution in [3.05, 3.63) is 51.3 Å². The summed E-state index contributed by atoms with van der Waals surface area (Å²) in [7, 11) is 0. The first kappa shape index (κ1) is 10.8. The maximum absolute atomic E-state index is 13.5. The van der Waals surface area contributed by atoms with Crippen LogP contribution < -0.4 is 5.56 Å². The van der Waals surface area contributed by atoms with Crippen LogP contribution in [0.2, 0.25) is 5.02 Å². The molecule has 3 nitrogen and oxygen atoms in total. The van der Waals surface area contributed by atoms with Crippen molar-refractivity contribution in [2.45, 2.75) is 0 Å². The lowest BCUT2D eigenvalue weighted by Gasteiger charge is -2.04. The highest BCUT2D eigenvalue weighted by Crippen LogP contribution is 2.28. The smallest absolute Gasteiger partial charge is 0.264 e. The summed E-state index contributed by atoms with van der Waals surface area (Å²) in [5.74, 6) is -1.69. The summed E-state index contributed by atoms with van der Waals surface area (Å²) in [6.07, 6.45) is 0. The number of H-pyrrole nitrogens is 1. The van der Waals surface area contributed by atoms with Gasteiger partial charge in [0.1, 0.15) is 5.82 Å². The normalized spacial score (nSPS) is 10.4. The number of nitrogens with zero attached hydrogens (tertiary/aromatic N) is 1. The number of benzene rings is 1. The predicted molar refractivity (Wildman–Crippen MR) is 55.2 cm³/mol. The van der Waals surface area contributed by atoms with E-state index >= 15 is 0 Å². The zero-order valence-corrected chi connectivity index (χ0v) is 8.55. The maximum Gasteiger partial charge on any atom is 0.264 e. The molecular formula is C10H5ClF2N2O. The third-order valence-corrected chi connectivity index (χ3v) is 2.27. The van der Waals surface area contributed by atoms with Crippen LogP contribution in [0.4, 0.5) is 8.78 Å². The molecule has 1 aromatic carbocycles. The van der Waals surface area contributed by atoms with Crippen LogP contribution in [0.5, 0.6) is 0 Å². The molecule has 0 amide bonds. The summed E-state index contributed by atoms with van der Waals surface area (Å²) >= 11 is 5.53. The third kappa shape index (κ3) is 1.81. The van der Waals surface area contributed by atoms with Gasteiger partial charge in [0, 0.05) is 6.07 Å². The van der Waals surface area contributed by atoms with Crippen LogP contribution in [-0.2, 0) is 0 Å². The largest absolute Gasteiger partial charge is 0.268 e. The molecule has 82 valence electrons. The Labute approximate surface area is 93.7 Å². The lowest BCUT2D eigenvalue weighted by molar-refractivity contribution is 0.588. The molecule has 0 radical (unpaired) electrons. The Morgan fingerprint density at radius 3 is 2.56 bits per heavy atom. The minimum Gasteiger partial charge on any atom is -0.268 e. The summed E-state index contributed by atoms with van der Waals surface area (Å²) in [6, 6.07) is 4.49. The van der Waals surface area contributed by atoms with Crippen molar-refractivity contribution in [1.82, 2.24) is 10.2 Å². The van der Waals surface area contributed by atoms with Gasteiger partial charge in [-0.3, -0.25) is 4.79 Å². The highest BCUT2D eigenvalue weighted by molar-refractivity contribution is 6.31. The molecule has 0 aliphatic rings. The van der Waals surface area contributed by atoms with Crippen LogP contribution in [0.15, 0.2) is 29.1 Å². The van der Waals surface area contributed by atoms with E-state index < -0.39 is 17.2 Å². The van der Waals surface area contributed by atoms with Crippen molar-refractivity contribution < 1.29 is 8.78 Å². The van der Waals surface area contributed by atoms with Gasteiger partial charge in [-0.25, -0.2) is 13.9 Å². The van der Waals surface area contributed by atoms with Crippen molar-refractivity contribution in [1.29, 1.82) is 0 Å². The van der Waals surface area contributed by atoms with Crippen molar-refractivity contribution in [2.75, 3.05) is 0 Å². The molecule has 0 aliphatic carbocycles. The Bertz CT molecular complexity index is 577. The first-order valence-electron chi connectivity index (χ1n) is 4.29. The standard InChI is InChI=1S/C10H5ClF2N2O/c11-5-1-2-6(12)9(10(5)13)7-3-4-8(16)15-14-7/h1-4H,(H,15,16). The molecule has 16 heavy (non-hydrogen) atoms. The summed E-state index contributed by atoms with van der Waals surface area (Å²) in [6.45, 7) is 0. The molecule has 0 atom stereocenters. The molecule has 0 bridgehead atoms. The second kappa shape index (κ2) is 4.02.